The molecule has 0 radical (unpaired) electrons. The normalized spacial score (nSPS) is 11.0. The van der Waals surface area contributed by atoms with Crippen LogP contribution in [0.5, 0.6) is 0 Å². The fraction of sp³-hybridized carbons (Fsp3) is 0.700. The van der Waals surface area contributed by atoms with Crippen LogP contribution in [-0.4, -0.2) is 24.5 Å². The lowest BCUT2D eigenvalue weighted by Crippen LogP contribution is -2.52. The highest BCUT2D eigenvalue weighted by Gasteiger charge is 2.25. The van der Waals surface area contributed by atoms with Crippen LogP contribution in [0.4, 0.5) is 0 Å². The molecule has 3 nitrogen and oxygen atoms in total. The van der Waals surface area contributed by atoms with Gasteiger partial charge in [-0.05, 0) is 26.8 Å². The summed E-state index contributed by atoms with van der Waals surface area (Å²) in [6.07, 6.45) is 2.61. The molecule has 0 aliphatic carbocycles. The first-order valence-electron chi connectivity index (χ1n) is 4.68. The third-order valence-corrected chi connectivity index (χ3v) is 1.82. The molecular weight excluding hydrogens is 164 g/mol. The van der Waals surface area contributed by atoms with E-state index in [1.165, 1.54) is 0 Å². The molecule has 2 N–H and O–H groups in total. The predicted octanol–water partition coefficient (Wildman–Crippen LogP) is 1.07. The van der Waals surface area contributed by atoms with Crippen molar-refractivity contribution < 1.29 is 4.79 Å². The largest absolute Gasteiger partial charge is 0.354 e. The van der Waals surface area contributed by atoms with Gasteiger partial charge in [0.05, 0.1) is 5.54 Å². The van der Waals surface area contributed by atoms with Crippen LogP contribution in [0, 0.1) is 0 Å². The number of amides is 1. The highest BCUT2D eigenvalue weighted by molar-refractivity contribution is 5.85. The molecule has 0 spiro atoms. The predicted molar refractivity (Wildman–Crippen MR) is 55.6 cm³/mol. The monoisotopic (exact) mass is 184 g/mol. The molecule has 0 aromatic rings. The third kappa shape index (κ3) is 4.68. The molecule has 0 atom stereocenters. The Hall–Kier alpha value is -0.830. The third-order valence-electron chi connectivity index (χ3n) is 1.82. The second-order valence-corrected chi connectivity index (χ2v) is 3.49. The van der Waals surface area contributed by atoms with Crippen molar-refractivity contribution in [2.75, 3.05) is 13.1 Å². The first kappa shape index (κ1) is 12.2. The zero-order chi connectivity index (χ0) is 10.3. The molecule has 0 aromatic heterocycles. The summed E-state index contributed by atoms with van der Waals surface area (Å²) in [6.45, 7) is 10.8. The van der Waals surface area contributed by atoms with E-state index in [-0.39, 0.29) is 5.91 Å². The van der Waals surface area contributed by atoms with Crippen molar-refractivity contribution in [2.24, 2.45) is 0 Å². The van der Waals surface area contributed by atoms with Gasteiger partial charge in [0.2, 0.25) is 5.91 Å². The van der Waals surface area contributed by atoms with Crippen molar-refractivity contribution in [3.63, 3.8) is 0 Å². The van der Waals surface area contributed by atoms with Crippen LogP contribution in [0.25, 0.3) is 0 Å². The summed E-state index contributed by atoms with van der Waals surface area (Å²) in [5.74, 6) is 0.0381. The number of carbonyl (C=O) groups excluding carboxylic acids is 1. The summed E-state index contributed by atoms with van der Waals surface area (Å²) in [4.78, 5) is 11.5. The molecule has 0 aromatic carbocycles. The Bertz CT molecular complexity index is 176. The minimum atomic E-state index is -0.476. The molecule has 0 bridgehead atoms. The Morgan fingerprint density at radius 1 is 1.54 bits per heavy atom. The van der Waals surface area contributed by atoms with Crippen LogP contribution in [-0.2, 0) is 4.79 Å². The molecule has 13 heavy (non-hydrogen) atoms. The van der Waals surface area contributed by atoms with Crippen LogP contribution in [0.1, 0.15) is 27.2 Å². The molecule has 76 valence electrons. The second kappa shape index (κ2) is 5.75. The fourth-order valence-corrected chi connectivity index (χ4v) is 1.03. The van der Waals surface area contributed by atoms with Gasteiger partial charge in [-0.15, -0.1) is 6.58 Å². The summed E-state index contributed by atoms with van der Waals surface area (Å²) in [6, 6.07) is 0. The molecule has 0 saturated heterocycles. The average molecular weight is 184 g/mol. The summed E-state index contributed by atoms with van der Waals surface area (Å²) in [5, 5.41) is 5.95. The van der Waals surface area contributed by atoms with Crippen LogP contribution < -0.4 is 10.6 Å². The van der Waals surface area contributed by atoms with Crippen molar-refractivity contribution >= 4 is 5.91 Å². The van der Waals surface area contributed by atoms with Crippen LogP contribution in [0.2, 0.25) is 0 Å². The first-order valence-corrected chi connectivity index (χ1v) is 4.68. The Morgan fingerprint density at radius 3 is 2.62 bits per heavy atom. The molecule has 0 heterocycles. The smallest absolute Gasteiger partial charge is 0.239 e. The highest BCUT2D eigenvalue weighted by Crippen LogP contribution is 2.00. The number of hydrogen-bond donors (Lipinski definition) is 2. The maximum atomic E-state index is 11.5. The standard InChI is InChI=1S/C10H20N2O/c1-5-7-8-11-9(13)10(3,4)12-6-2/h5,12H,1,6-8H2,2-4H3,(H,11,13). The molecule has 0 aliphatic heterocycles. The Morgan fingerprint density at radius 2 is 2.15 bits per heavy atom. The van der Waals surface area contributed by atoms with Gasteiger partial charge in [0.1, 0.15) is 0 Å². The average Bonchev–Trinajstić information content (AvgIpc) is 2.04. The Kier molecular flexibility index (Phi) is 5.39. The lowest BCUT2D eigenvalue weighted by Gasteiger charge is -2.24. The van der Waals surface area contributed by atoms with Gasteiger partial charge < -0.3 is 10.6 Å². The Labute approximate surface area is 80.6 Å². The molecule has 0 fully saturated rings. The highest BCUT2D eigenvalue weighted by atomic mass is 16.2. The van der Waals surface area contributed by atoms with Crippen molar-refractivity contribution in [3.05, 3.63) is 12.7 Å². The van der Waals surface area contributed by atoms with Gasteiger partial charge >= 0.3 is 0 Å². The van der Waals surface area contributed by atoms with Gasteiger partial charge in [-0.2, -0.15) is 0 Å². The zero-order valence-electron chi connectivity index (χ0n) is 8.81. The molecule has 3 heteroatoms. The van der Waals surface area contributed by atoms with Gasteiger partial charge in [0, 0.05) is 6.54 Å². The van der Waals surface area contributed by atoms with E-state index in [4.69, 9.17) is 0 Å². The van der Waals surface area contributed by atoms with E-state index in [9.17, 15) is 4.79 Å². The molecule has 1 amide bonds. The lowest BCUT2D eigenvalue weighted by atomic mass is 10.0. The van der Waals surface area contributed by atoms with E-state index in [2.05, 4.69) is 17.2 Å². The van der Waals surface area contributed by atoms with Gasteiger partial charge in [-0.3, -0.25) is 4.79 Å². The van der Waals surface area contributed by atoms with E-state index >= 15 is 0 Å². The summed E-state index contributed by atoms with van der Waals surface area (Å²) >= 11 is 0. The maximum absolute atomic E-state index is 11.5. The van der Waals surface area contributed by atoms with E-state index < -0.39 is 5.54 Å². The van der Waals surface area contributed by atoms with Gasteiger partial charge in [0.25, 0.3) is 0 Å². The van der Waals surface area contributed by atoms with E-state index in [0.717, 1.165) is 13.0 Å². The van der Waals surface area contributed by atoms with E-state index in [0.29, 0.717) is 6.54 Å². The summed E-state index contributed by atoms with van der Waals surface area (Å²) in [5.41, 5.74) is -0.476. The number of carbonyl (C=O) groups is 1. The molecular formula is C10H20N2O. The first-order chi connectivity index (χ1) is 6.04. The summed E-state index contributed by atoms with van der Waals surface area (Å²) in [7, 11) is 0. The maximum Gasteiger partial charge on any atom is 0.239 e. The number of nitrogens with one attached hydrogen (secondary N) is 2. The topological polar surface area (TPSA) is 41.1 Å². The molecule has 0 rings (SSSR count). The SMILES string of the molecule is C=CCCNC(=O)C(C)(C)NCC. The van der Waals surface area contributed by atoms with Crippen LogP contribution >= 0.6 is 0 Å². The van der Waals surface area contributed by atoms with Crippen molar-refractivity contribution in [1.29, 1.82) is 0 Å². The number of hydrogen-bond acceptors (Lipinski definition) is 2. The van der Waals surface area contributed by atoms with Gasteiger partial charge in [-0.1, -0.05) is 13.0 Å². The van der Waals surface area contributed by atoms with E-state index in [1.54, 1.807) is 6.08 Å². The minimum absolute atomic E-state index is 0.0381. The van der Waals surface area contributed by atoms with Crippen LogP contribution in [0.3, 0.4) is 0 Å². The minimum Gasteiger partial charge on any atom is -0.354 e. The molecule has 0 unspecified atom stereocenters. The zero-order valence-corrected chi connectivity index (χ0v) is 8.81. The number of rotatable bonds is 6. The fourth-order valence-electron chi connectivity index (χ4n) is 1.03. The Balaban J connectivity index is 3.86. The number of likely N-dealkylation sites (N-methyl/N-ethyl adjacent to an activating group) is 1. The van der Waals surface area contributed by atoms with Crippen molar-refractivity contribution in [2.45, 2.75) is 32.7 Å². The molecule has 0 saturated carbocycles. The van der Waals surface area contributed by atoms with Crippen molar-refractivity contribution in [1.82, 2.24) is 10.6 Å². The lowest BCUT2D eigenvalue weighted by molar-refractivity contribution is -0.126. The van der Waals surface area contributed by atoms with Gasteiger partial charge in [-0.25, -0.2) is 0 Å². The summed E-state index contributed by atoms with van der Waals surface area (Å²) < 4.78 is 0. The second-order valence-electron chi connectivity index (χ2n) is 3.49. The molecule has 0 aliphatic rings. The van der Waals surface area contributed by atoms with E-state index in [1.807, 2.05) is 20.8 Å². The van der Waals surface area contributed by atoms with Crippen LogP contribution in [0.15, 0.2) is 12.7 Å². The quantitative estimate of drug-likeness (QED) is 0.479. The van der Waals surface area contributed by atoms with Gasteiger partial charge in [0.15, 0.2) is 0 Å². The van der Waals surface area contributed by atoms with Crippen molar-refractivity contribution in [3.8, 4) is 0 Å².